The van der Waals surface area contributed by atoms with Crippen molar-refractivity contribution in [3.05, 3.63) is 78.1 Å². The number of hydrogen-bond donors (Lipinski definition) is 1. The van der Waals surface area contributed by atoms with Crippen molar-refractivity contribution in [1.82, 2.24) is 14.5 Å². The summed E-state index contributed by atoms with van der Waals surface area (Å²) >= 11 is 1.44. The summed E-state index contributed by atoms with van der Waals surface area (Å²) in [6.45, 7) is 2.03. The van der Waals surface area contributed by atoms with Gasteiger partial charge in [0.25, 0.3) is 0 Å². The van der Waals surface area contributed by atoms with Gasteiger partial charge in [-0.15, -0.1) is 0 Å². The van der Waals surface area contributed by atoms with Crippen molar-refractivity contribution < 1.29 is 4.79 Å². The van der Waals surface area contributed by atoms with Gasteiger partial charge in [0.15, 0.2) is 11.0 Å². The van der Waals surface area contributed by atoms with Crippen LogP contribution in [0.1, 0.15) is 11.1 Å². The highest BCUT2D eigenvalue weighted by Gasteiger charge is 2.19. The van der Waals surface area contributed by atoms with Crippen LogP contribution in [-0.2, 0) is 18.3 Å². The number of nitrogens with one attached hydrogen (secondary N) is 1. The summed E-state index contributed by atoms with van der Waals surface area (Å²) in [5, 5.41) is 3.53. The number of carbonyl (C=O) groups is 1. The van der Waals surface area contributed by atoms with Gasteiger partial charge in [0.05, 0.1) is 17.0 Å². The Labute approximate surface area is 167 Å². The first kappa shape index (κ1) is 18.1. The van der Waals surface area contributed by atoms with Gasteiger partial charge in [0.2, 0.25) is 5.91 Å². The molecule has 2 aromatic heterocycles. The average molecular weight is 388 g/mol. The first-order chi connectivity index (χ1) is 13.6. The number of amides is 1. The Bertz CT molecular complexity index is 1100. The summed E-state index contributed by atoms with van der Waals surface area (Å²) in [7, 11) is 1.95. The second-order valence-electron chi connectivity index (χ2n) is 6.64. The number of imidazole rings is 1. The molecule has 0 aliphatic carbocycles. The van der Waals surface area contributed by atoms with Gasteiger partial charge in [-0.1, -0.05) is 71.5 Å². The van der Waals surface area contributed by atoms with Gasteiger partial charge in [-0.3, -0.25) is 4.79 Å². The maximum Gasteiger partial charge on any atom is 0.230 e. The van der Waals surface area contributed by atoms with Gasteiger partial charge in [-0.25, -0.2) is 9.97 Å². The van der Waals surface area contributed by atoms with Crippen LogP contribution in [0.4, 0.5) is 5.13 Å². The Kier molecular flexibility index (Phi) is 5.04. The zero-order valence-corrected chi connectivity index (χ0v) is 16.5. The fourth-order valence-corrected chi connectivity index (χ4v) is 4.00. The van der Waals surface area contributed by atoms with E-state index in [1.165, 1.54) is 16.9 Å². The minimum absolute atomic E-state index is 0.0800. The van der Waals surface area contributed by atoms with Gasteiger partial charge >= 0.3 is 0 Å². The SMILES string of the molecule is Cc1ccc(CC(=O)Nc2nc(-c3ccccc3)c(-c3nccn3C)s2)cc1. The first-order valence-electron chi connectivity index (χ1n) is 8.99. The van der Waals surface area contributed by atoms with Crippen molar-refractivity contribution >= 4 is 22.4 Å². The number of rotatable bonds is 5. The quantitative estimate of drug-likeness (QED) is 0.539. The topological polar surface area (TPSA) is 59.8 Å². The standard InChI is InChI=1S/C22H20N4OS/c1-15-8-10-16(11-9-15)14-18(27)24-22-25-19(17-6-4-3-5-7-17)20(28-22)21-23-12-13-26(21)2/h3-13H,14H2,1-2H3,(H,24,25,27). The molecule has 0 atom stereocenters. The molecule has 1 amide bonds. The lowest BCUT2D eigenvalue weighted by atomic mass is 10.1. The summed E-state index contributed by atoms with van der Waals surface area (Å²) in [5.41, 5.74) is 3.98. The molecule has 0 unspecified atom stereocenters. The number of aromatic nitrogens is 3. The molecule has 0 saturated carbocycles. The molecule has 0 bridgehead atoms. The molecule has 28 heavy (non-hydrogen) atoms. The number of hydrogen-bond acceptors (Lipinski definition) is 4. The molecular formula is C22H20N4OS. The van der Waals surface area contributed by atoms with E-state index in [0.717, 1.165) is 27.5 Å². The third kappa shape index (κ3) is 3.87. The first-order valence-corrected chi connectivity index (χ1v) is 9.81. The number of thiazole rings is 1. The Balaban J connectivity index is 1.63. The van der Waals surface area contributed by atoms with Crippen LogP contribution in [0.3, 0.4) is 0 Å². The minimum Gasteiger partial charge on any atom is -0.333 e. The van der Waals surface area contributed by atoms with Gasteiger partial charge in [-0.2, -0.15) is 0 Å². The van der Waals surface area contributed by atoms with Crippen LogP contribution < -0.4 is 5.32 Å². The van der Waals surface area contributed by atoms with Crippen LogP contribution in [0.25, 0.3) is 22.0 Å². The molecule has 0 fully saturated rings. The van der Waals surface area contributed by atoms with E-state index in [2.05, 4.69) is 10.3 Å². The van der Waals surface area contributed by atoms with Crippen LogP contribution >= 0.6 is 11.3 Å². The zero-order valence-electron chi connectivity index (χ0n) is 15.7. The van der Waals surface area contributed by atoms with Crippen molar-refractivity contribution in [1.29, 1.82) is 0 Å². The van der Waals surface area contributed by atoms with E-state index in [4.69, 9.17) is 4.98 Å². The largest absolute Gasteiger partial charge is 0.333 e. The lowest BCUT2D eigenvalue weighted by Crippen LogP contribution is -2.14. The highest BCUT2D eigenvalue weighted by molar-refractivity contribution is 7.19. The second kappa shape index (κ2) is 7.78. The van der Waals surface area contributed by atoms with Gasteiger partial charge in [-0.05, 0) is 12.5 Å². The van der Waals surface area contributed by atoms with Gasteiger partial charge < -0.3 is 9.88 Å². The highest BCUT2D eigenvalue weighted by atomic mass is 32.1. The van der Waals surface area contributed by atoms with E-state index in [9.17, 15) is 4.79 Å². The summed E-state index contributed by atoms with van der Waals surface area (Å²) in [4.78, 5) is 22.6. The molecule has 0 radical (unpaired) electrons. The molecule has 2 aromatic carbocycles. The predicted molar refractivity (Wildman–Crippen MR) is 113 cm³/mol. The summed E-state index contributed by atoms with van der Waals surface area (Å²) in [6.07, 6.45) is 3.98. The highest BCUT2D eigenvalue weighted by Crippen LogP contribution is 2.38. The van der Waals surface area contributed by atoms with Crippen molar-refractivity contribution in [2.75, 3.05) is 5.32 Å². The van der Waals surface area contributed by atoms with Gasteiger partial charge in [0.1, 0.15) is 0 Å². The molecule has 0 aliphatic heterocycles. The fourth-order valence-electron chi connectivity index (χ4n) is 2.96. The number of aryl methyl sites for hydroxylation is 2. The number of nitrogens with zero attached hydrogens (tertiary/aromatic N) is 3. The molecular weight excluding hydrogens is 368 g/mol. The number of anilines is 1. The molecule has 4 rings (SSSR count). The molecule has 4 aromatic rings. The van der Waals surface area contributed by atoms with Crippen molar-refractivity contribution in [3.63, 3.8) is 0 Å². The van der Waals surface area contributed by atoms with E-state index < -0.39 is 0 Å². The molecule has 6 heteroatoms. The van der Waals surface area contributed by atoms with E-state index in [0.29, 0.717) is 11.6 Å². The summed E-state index contributed by atoms with van der Waals surface area (Å²) in [5.74, 6) is 0.749. The average Bonchev–Trinajstić information content (AvgIpc) is 3.30. The summed E-state index contributed by atoms with van der Waals surface area (Å²) in [6, 6.07) is 17.9. The Morgan fingerprint density at radius 2 is 1.86 bits per heavy atom. The maximum atomic E-state index is 12.5. The van der Waals surface area contributed by atoms with E-state index in [1.54, 1.807) is 6.20 Å². The Hall–Kier alpha value is -3.25. The minimum atomic E-state index is -0.0800. The predicted octanol–water partition coefficient (Wildman–Crippen LogP) is 4.70. The number of carbonyl (C=O) groups excluding carboxylic acids is 1. The van der Waals surface area contributed by atoms with Crippen LogP contribution in [0.5, 0.6) is 0 Å². The van der Waals surface area contributed by atoms with Crippen LogP contribution in [0, 0.1) is 6.92 Å². The molecule has 140 valence electrons. The third-order valence-corrected chi connectivity index (χ3v) is 5.40. The van der Waals surface area contributed by atoms with E-state index >= 15 is 0 Å². The molecule has 5 nitrogen and oxygen atoms in total. The third-order valence-electron chi connectivity index (χ3n) is 4.43. The molecule has 0 saturated heterocycles. The van der Waals surface area contributed by atoms with Gasteiger partial charge in [0, 0.05) is 25.0 Å². The smallest absolute Gasteiger partial charge is 0.230 e. The molecule has 0 spiro atoms. The fraction of sp³-hybridized carbons (Fsp3) is 0.136. The molecule has 2 heterocycles. The second-order valence-corrected chi connectivity index (χ2v) is 7.63. The van der Waals surface area contributed by atoms with Crippen molar-refractivity contribution in [2.45, 2.75) is 13.3 Å². The lowest BCUT2D eigenvalue weighted by Gasteiger charge is -2.02. The van der Waals surface area contributed by atoms with E-state index in [1.807, 2.05) is 79.3 Å². The normalized spacial score (nSPS) is 10.8. The number of benzene rings is 2. The Morgan fingerprint density at radius 3 is 2.54 bits per heavy atom. The van der Waals surface area contributed by atoms with Crippen LogP contribution in [0.2, 0.25) is 0 Å². The molecule has 1 N–H and O–H groups in total. The maximum absolute atomic E-state index is 12.5. The summed E-state index contributed by atoms with van der Waals surface area (Å²) < 4.78 is 1.96. The van der Waals surface area contributed by atoms with Crippen LogP contribution in [-0.4, -0.2) is 20.4 Å². The van der Waals surface area contributed by atoms with Crippen molar-refractivity contribution in [3.8, 4) is 22.0 Å². The lowest BCUT2D eigenvalue weighted by molar-refractivity contribution is -0.115. The van der Waals surface area contributed by atoms with Crippen LogP contribution in [0.15, 0.2) is 67.0 Å². The zero-order chi connectivity index (χ0) is 19.5. The van der Waals surface area contributed by atoms with Crippen molar-refractivity contribution in [2.24, 2.45) is 7.05 Å². The van der Waals surface area contributed by atoms with E-state index in [-0.39, 0.29) is 5.91 Å². The monoisotopic (exact) mass is 388 g/mol. The molecule has 0 aliphatic rings. The Morgan fingerprint density at radius 1 is 1.11 bits per heavy atom.